The van der Waals surface area contributed by atoms with Crippen molar-refractivity contribution in [2.45, 2.75) is 30.6 Å². The molecule has 3 rings (SSSR count). The molecule has 3 aromatic carbocycles. The zero-order valence-corrected chi connectivity index (χ0v) is 22.7. The standard InChI is InChI=1S/C27H26ClF4NO5S/c1-37-26(34)22-12-11-21(15-24(22)39(2,35)36)38-14-4-13-33(16-18-7-9-20(29)10-8-18)17-19-5-3-6-23(25(19)28)27(30,31)32/h3,5-12,15H,4,13-14,16-17H2,1-2H3. The molecule has 210 valence electrons. The lowest BCUT2D eigenvalue weighted by Crippen LogP contribution is -2.26. The molecule has 0 aromatic heterocycles. The van der Waals surface area contributed by atoms with Gasteiger partial charge in [0.25, 0.3) is 0 Å². The van der Waals surface area contributed by atoms with Crippen LogP contribution in [0.1, 0.15) is 33.5 Å². The minimum Gasteiger partial charge on any atom is -0.494 e. The van der Waals surface area contributed by atoms with Crippen LogP contribution in [0.3, 0.4) is 0 Å². The van der Waals surface area contributed by atoms with Crippen LogP contribution in [0.2, 0.25) is 5.02 Å². The first-order valence-electron chi connectivity index (χ1n) is 11.7. The molecular formula is C27H26ClF4NO5S. The summed E-state index contributed by atoms with van der Waals surface area (Å²) in [5, 5.41) is -0.385. The van der Waals surface area contributed by atoms with Gasteiger partial charge in [-0.3, -0.25) is 4.90 Å². The maximum Gasteiger partial charge on any atom is 0.417 e. The molecule has 39 heavy (non-hydrogen) atoms. The van der Waals surface area contributed by atoms with E-state index in [0.717, 1.165) is 25.0 Å². The summed E-state index contributed by atoms with van der Waals surface area (Å²) in [5.41, 5.74) is -0.0121. The molecule has 0 fully saturated rings. The van der Waals surface area contributed by atoms with Gasteiger partial charge < -0.3 is 9.47 Å². The molecule has 0 heterocycles. The van der Waals surface area contributed by atoms with Gasteiger partial charge in [0, 0.05) is 25.9 Å². The highest BCUT2D eigenvalue weighted by Gasteiger charge is 2.34. The summed E-state index contributed by atoms with van der Waals surface area (Å²) in [4.78, 5) is 13.5. The van der Waals surface area contributed by atoms with E-state index in [-0.39, 0.29) is 39.9 Å². The van der Waals surface area contributed by atoms with Crippen LogP contribution in [0.15, 0.2) is 65.6 Å². The molecule has 0 N–H and O–H groups in total. The number of sulfone groups is 1. The fourth-order valence-corrected chi connectivity index (χ4v) is 5.05. The van der Waals surface area contributed by atoms with Crippen LogP contribution in [-0.2, 0) is 33.8 Å². The Labute approximate surface area is 229 Å². The van der Waals surface area contributed by atoms with Crippen molar-refractivity contribution in [2.75, 3.05) is 26.5 Å². The number of benzene rings is 3. The van der Waals surface area contributed by atoms with Crippen LogP contribution < -0.4 is 4.74 Å². The summed E-state index contributed by atoms with van der Waals surface area (Å²) in [6.07, 6.45) is -3.23. The van der Waals surface area contributed by atoms with Crippen LogP contribution in [0.4, 0.5) is 17.6 Å². The van der Waals surface area contributed by atoms with Gasteiger partial charge in [0.15, 0.2) is 9.84 Å². The van der Waals surface area contributed by atoms with E-state index >= 15 is 0 Å². The number of carbonyl (C=O) groups is 1. The molecule has 0 saturated carbocycles. The molecular weight excluding hydrogens is 562 g/mol. The Balaban J connectivity index is 1.74. The Morgan fingerprint density at radius 3 is 2.33 bits per heavy atom. The van der Waals surface area contributed by atoms with Gasteiger partial charge in [-0.2, -0.15) is 13.2 Å². The Bertz CT molecular complexity index is 1410. The Kier molecular flexibility index (Phi) is 9.98. The number of nitrogens with zero attached hydrogens (tertiary/aromatic N) is 1. The molecule has 0 bridgehead atoms. The number of ether oxygens (including phenoxy) is 2. The smallest absolute Gasteiger partial charge is 0.417 e. The van der Waals surface area contributed by atoms with Gasteiger partial charge in [-0.25, -0.2) is 17.6 Å². The third-order valence-electron chi connectivity index (χ3n) is 5.74. The lowest BCUT2D eigenvalue weighted by molar-refractivity contribution is -0.137. The molecule has 0 atom stereocenters. The molecule has 12 heteroatoms. The summed E-state index contributed by atoms with van der Waals surface area (Å²) < 4.78 is 88.0. The molecule has 6 nitrogen and oxygen atoms in total. The van der Waals surface area contributed by atoms with E-state index in [1.54, 1.807) is 12.1 Å². The van der Waals surface area contributed by atoms with Crippen LogP contribution >= 0.6 is 11.6 Å². The third kappa shape index (κ3) is 8.42. The van der Waals surface area contributed by atoms with E-state index in [2.05, 4.69) is 4.74 Å². The Hall–Kier alpha value is -3.15. The van der Waals surface area contributed by atoms with Crippen molar-refractivity contribution >= 4 is 27.4 Å². The topological polar surface area (TPSA) is 72.9 Å². The van der Waals surface area contributed by atoms with Crippen molar-refractivity contribution in [3.8, 4) is 5.75 Å². The average molecular weight is 588 g/mol. The lowest BCUT2D eigenvalue weighted by atomic mass is 10.1. The lowest BCUT2D eigenvalue weighted by Gasteiger charge is -2.24. The van der Waals surface area contributed by atoms with Crippen molar-refractivity contribution in [2.24, 2.45) is 0 Å². The maximum atomic E-state index is 13.4. The van der Waals surface area contributed by atoms with E-state index in [9.17, 15) is 30.8 Å². The second-order valence-corrected chi connectivity index (χ2v) is 11.1. The van der Waals surface area contributed by atoms with E-state index < -0.39 is 33.4 Å². The first-order chi connectivity index (χ1) is 18.3. The zero-order chi connectivity index (χ0) is 28.8. The molecule has 0 aliphatic heterocycles. The van der Waals surface area contributed by atoms with Crippen LogP contribution in [0.5, 0.6) is 5.75 Å². The fraction of sp³-hybridized carbons (Fsp3) is 0.296. The van der Waals surface area contributed by atoms with E-state index in [4.69, 9.17) is 16.3 Å². The van der Waals surface area contributed by atoms with Crippen molar-refractivity contribution < 1.29 is 40.2 Å². The van der Waals surface area contributed by atoms with Crippen molar-refractivity contribution in [1.82, 2.24) is 4.90 Å². The highest BCUT2D eigenvalue weighted by Crippen LogP contribution is 2.36. The molecule has 0 radical (unpaired) electrons. The van der Waals surface area contributed by atoms with Gasteiger partial charge in [0.2, 0.25) is 0 Å². The first-order valence-corrected chi connectivity index (χ1v) is 13.9. The van der Waals surface area contributed by atoms with Gasteiger partial charge in [-0.05, 0) is 53.9 Å². The number of rotatable bonds is 11. The summed E-state index contributed by atoms with van der Waals surface area (Å²) in [7, 11) is -2.61. The zero-order valence-electron chi connectivity index (χ0n) is 21.1. The monoisotopic (exact) mass is 587 g/mol. The molecule has 0 saturated heterocycles. The first kappa shape index (κ1) is 30.4. The summed E-state index contributed by atoms with van der Waals surface area (Å²) >= 11 is 6.10. The van der Waals surface area contributed by atoms with Gasteiger partial charge in [0.1, 0.15) is 11.6 Å². The normalized spacial score (nSPS) is 12.0. The Morgan fingerprint density at radius 2 is 1.72 bits per heavy atom. The number of methoxy groups -OCH3 is 1. The summed E-state index contributed by atoms with van der Waals surface area (Å²) in [6, 6.07) is 13.5. The highest BCUT2D eigenvalue weighted by atomic mass is 35.5. The largest absolute Gasteiger partial charge is 0.494 e. The van der Waals surface area contributed by atoms with Crippen LogP contribution in [0, 0.1) is 5.82 Å². The number of hydrogen-bond acceptors (Lipinski definition) is 6. The third-order valence-corrected chi connectivity index (χ3v) is 7.33. The summed E-state index contributed by atoms with van der Waals surface area (Å²) in [6.45, 7) is 0.894. The molecule has 0 amide bonds. The Morgan fingerprint density at radius 1 is 1.03 bits per heavy atom. The minimum atomic E-state index is -4.60. The second-order valence-electron chi connectivity index (χ2n) is 8.74. The average Bonchev–Trinajstić information content (AvgIpc) is 2.87. The number of halogens is 5. The van der Waals surface area contributed by atoms with Gasteiger partial charge in [0.05, 0.1) is 34.8 Å². The molecule has 0 aliphatic carbocycles. The molecule has 0 spiro atoms. The van der Waals surface area contributed by atoms with Gasteiger partial charge in [-0.1, -0.05) is 35.9 Å². The van der Waals surface area contributed by atoms with E-state index in [1.807, 2.05) is 4.90 Å². The summed E-state index contributed by atoms with van der Waals surface area (Å²) in [5.74, 6) is -0.993. The van der Waals surface area contributed by atoms with Gasteiger partial charge in [-0.15, -0.1) is 0 Å². The minimum absolute atomic E-state index is 0.0895. The second kappa shape index (κ2) is 12.8. The fourth-order valence-electron chi connectivity index (χ4n) is 3.88. The molecule has 3 aromatic rings. The molecule has 0 unspecified atom stereocenters. The van der Waals surface area contributed by atoms with Crippen molar-refractivity contribution in [3.05, 3.63) is 93.8 Å². The van der Waals surface area contributed by atoms with E-state index in [0.29, 0.717) is 19.5 Å². The van der Waals surface area contributed by atoms with E-state index in [1.165, 1.54) is 42.5 Å². The number of carbonyl (C=O) groups excluding carboxylic acids is 1. The SMILES string of the molecule is COC(=O)c1ccc(OCCCN(Cc2ccc(F)cc2)Cc2cccc(C(F)(F)F)c2Cl)cc1S(C)(=O)=O. The number of alkyl halides is 3. The van der Waals surface area contributed by atoms with Crippen LogP contribution in [0.25, 0.3) is 0 Å². The quantitative estimate of drug-likeness (QED) is 0.152. The van der Waals surface area contributed by atoms with Crippen molar-refractivity contribution in [3.63, 3.8) is 0 Å². The van der Waals surface area contributed by atoms with Crippen LogP contribution in [-0.4, -0.2) is 45.8 Å². The number of hydrogen-bond donors (Lipinski definition) is 0. The highest BCUT2D eigenvalue weighted by molar-refractivity contribution is 7.90. The van der Waals surface area contributed by atoms with Crippen molar-refractivity contribution in [1.29, 1.82) is 0 Å². The predicted molar refractivity (Wildman–Crippen MR) is 138 cm³/mol. The van der Waals surface area contributed by atoms with Gasteiger partial charge >= 0.3 is 12.1 Å². The number of esters is 1. The predicted octanol–water partition coefficient (Wildman–Crippen LogP) is 6.16. The maximum absolute atomic E-state index is 13.4. The molecule has 0 aliphatic rings.